The Morgan fingerprint density at radius 2 is 1.59 bits per heavy atom. The van der Waals surface area contributed by atoms with E-state index < -0.39 is 20.8 Å². The van der Waals surface area contributed by atoms with Gasteiger partial charge < -0.3 is 9.80 Å². The van der Waals surface area contributed by atoms with Gasteiger partial charge in [0.1, 0.15) is 5.82 Å². The number of nitrogens with zero attached hydrogens (tertiary/aromatic N) is 3. The zero-order chi connectivity index (χ0) is 24.3. The molecule has 1 saturated heterocycles. The first-order valence-electron chi connectivity index (χ1n) is 10.4. The molecule has 3 aromatic rings. The number of hydrogen-bond acceptors (Lipinski definition) is 6. The van der Waals surface area contributed by atoms with Gasteiger partial charge in [-0.25, -0.2) is 12.8 Å². The van der Waals surface area contributed by atoms with Crippen molar-refractivity contribution < 1.29 is 22.5 Å². The zero-order valence-electron chi connectivity index (χ0n) is 17.9. The molecule has 1 amide bonds. The van der Waals surface area contributed by atoms with Gasteiger partial charge in [0.25, 0.3) is 21.6 Å². The van der Waals surface area contributed by atoms with E-state index in [2.05, 4.69) is 4.72 Å². The summed E-state index contributed by atoms with van der Waals surface area (Å²) in [5, 5.41) is 10.8. The first-order chi connectivity index (χ1) is 16.2. The molecule has 0 bridgehead atoms. The maximum atomic E-state index is 13.1. The molecule has 176 valence electrons. The Hall–Kier alpha value is -3.99. The molecule has 1 aliphatic heterocycles. The van der Waals surface area contributed by atoms with Crippen LogP contribution in [0.4, 0.5) is 21.5 Å². The number of piperazine rings is 1. The first kappa shape index (κ1) is 23.2. The molecule has 0 saturated carbocycles. The van der Waals surface area contributed by atoms with Crippen LogP contribution in [0.2, 0.25) is 0 Å². The minimum absolute atomic E-state index is 0.0151. The van der Waals surface area contributed by atoms with Crippen LogP contribution in [0.5, 0.6) is 0 Å². The number of carbonyl (C=O) groups is 1. The van der Waals surface area contributed by atoms with E-state index in [9.17, 15) is 27.7 Å². The number of rotatable bonds is 6. The standard InChI is InChI=1S/C23H21FN4O5S/c24-18-4-6-19(7-5-18)25-34(32,33)22-3-1-2-17(16-22)23(29)27-14-12-26(13-15-27)20-8-10-21(11-9-20)28(30)31/h1-11,16,25H,12-15H2. The number of nitro benzene ring substituents is 1. The van der Waals surface area contributed by atoms with Crippen molar-refractivity contribution in [2.24, 2.45) is 0 Å². The van der Waals surface area contributed by atoms with Crippen molar-refractivity contribution in [2.45, 2.75) is 4.90 Å². The van der Waals surface area contributed by atoms with Crippen LogP contribution in [0.1, 0.15) is 10.4 Å². The third kappa shape index (κ3) is 5.15. The second-order valence-electron chi connectivity index (χ2n) is 7.69. The SMILES string of the molecule is O=C(c1cccc(S(=O)(=O)Nc2ccc(F)cc2)c1)N1CCN(c2ccc([N+](=O)[O-])cc2)CC1. The van der Waals surface area contributed by atoms with E-state index in [0.29, 0.717) is 26.2 Å². The fraction of sp³-hybridized carbons (Fsp3) is 0.174. The molecule has 9 nitrogen and oxygen atoms in total. The molecule has 0 atom stereocenters. The second kappa shape index (κ2) is 9.48. The van der Waals surface area contributed by atoms with Crippen LogP contribution in [0, 0.1) is 15.9 Å². The van der Waals surface area contributed by atoms with Crippen molar-refractivity contribution in [2.75, 3.05) is 35.8 Å². The van der Waals surface area contributed by atoms with E-state index in [1.165, 1.54) is 42.5 Å². The smallest absolute Gasteiger partial charge is 0.269 e. The fourth-order valence-corrected chi connectivity index (χ4v) is 4.77. The molecule has 34 heavy (non-hydrogen) atoms. The molecule has 1 N–H and O–H groups in total. The molecular weight excluding hydrogens is 463 g/mol. The maximum absolute atomic E-state index is 13.1. The van der Waals surface area contributed by atoms with Crippen molar-refractivity contribution in [3.05, 3.63) is 94.3 Å². The molecule has 1 fully saturated rings. The Balaban J connectivity index is 1.42. The molecule has 1 aliphatic rings. The zero-order valence-corrected chi connectivity index (χ0v) is 18.7. The normalized spacial score (nSPS) is 14.0. The molecule has 0 radical (unpaired) electrons. The number of benzene rings is 3. The summed E-state index contributed by atoms with van der Waals surface area (Å²) in [5.74, 6) is -0.772. The largest absolute Gasteiger partial charge is 0.368 e. The summed E-state index contributed by atoms with van der Waals surface area (Å²) in [7, 11) is -3.97. The van der Waals surface area contributed by atoms with Crippen molar-refractivity contribution in [3.8, 4) is 0 Å². The number of hydrogen-bond donors (Lipinski definition) is 1. The second-order valence-corrected chi connectivity index (χ2v) is 9.38. The van der Waals surface area contributed by atoms with Gasteiger partial charge in [0.15, 0.2) is 0 Å². The molecule has 4 rings (SSSR count). The van der Waals surface area contributed by atoms with E-state index in [0.717, 1.165) is 17.8 Å². The van der Waals surface area contributed by atoms with Gasteiger partial charge in [-0.2, -0.15) is 0 Å². The molecule has 1 heterocycles. The molecule has 0 aliphatic carbocycles. The highest BCUT2D eigenvalue weighted by atomic mass is 32.2. The van der Waals surface area contributed by atoms with Gasteiger partial charge in [-0.3, -0.25) is 19.6 Å². The van der Waals surface area contributed by atoms with Gasteiger partial charge in [0.05, 0.1) is 9.82 Å². The topological polar surface area (TPSA) is 113 Å². The number of nitro groups is 1. The number of nitrogens with one attached hydrogen (secondary N) is 1. The minimum Gasteiger partial charge on any atom is -0.368 e. The van der Waals surface area contributed by atoms with E-state index in [-0.39, 0.29) is 27.7 Å². The number of amides is 1. The molecule has 11 heteroatoms. The summed E-state index contributed by atoms with van der Waals surface area (Å²) in [6.07, 6.45) is 0. The van der Waals surface area contributed by atoms with Crippen LogP contribution in [0.25, 0.3) is 0 Å². The van der Waals surface area contributed by atoms with Gasteiger partial charge in [-0.1, -0.05) is 6.07 Å². The van der Waals surface area contributed by atoms with Gasteiger partial charge >= 0.3 is 0 Å². The monoisotopic (exact) mass is 484 g/mol. The van der Waals surface area contributed by atoms with Gasteiger partial charge in [0.2, 0.25) is 0 Å². The lowest BCUT2D eigenvalue weighted by Crippen LogP contribution is -2.48. The molecular formula is C23H21FN4O5S. The fourth-order valence-electron chi connectivity index (χ4n) is 3.66. The Morgan fingerprint density at radius 3 is 2.21 bits per heavy atom. The third-order valence-corrected chi connectivity index (χ3v) is 6.86. The number of non-ortho nitro benzene ring substituents is 1. The van der Waals surface area contributed by atoms with Crippen LogP contribution in [-0.2, 0) is 10.0 Å². The summed E-state index contributed by atoms with van der Waals surface area (Å²) >= 11 is 0. The summed E-state index contributed by atoms with van der Waals surface area (Å²) in [4.78, 5) is 27.0. The highest BCUT2D eigenvalue weighted by Crippen LogP contribution is 2.22. The molecule has 3 aromatic carbocycles. The predicted octanol–water partition coefficient (Wildman–Crippen LogP) is 3.50. The van der Waals surface area contributed by atoms with E-state index in [4.69, 9.17) is 0 Å². The lowest BCUT2D eigenvalue weighted by Gasteiger charge is -2.36. The van der Waals surface area contributed by atoms with Gasteiger partial charge in [0, 0.05) is 55.2 Å². The van der Waals surface area contributed by atoms with Crippen molar-refractivity contribution >= 4 is 33.0 Å². The van der Waals surface area contributed by atoms with Gasteiger partial charge in [-0.05, 0) is 54.6 Å². The van der Waals surface area contributed by atoms with E-state index in [1.807, 2.05) is 4.90 Å². The Bertz CT molecular complexity index is 1310. The average molecular weight is 485 g/mol. The summed E-state index contributed by atoms with van der Waals surface area (Å²) in [6.45, 7) is 1.91. The quantitative estimate of drug-likeness (QED) is 0.423. The number of halogens is 1. The van der Waals surface area contributed by atoms with Crippen LogP contribution < -0.4 is 9.62 Å². The lowest BCUT2D eigenvalue weighted by atomic mass is 10.1. The Kier molecular flexibility index (Phi) is 6.46. The number of sulfonamides is 1. The summed E-state index contributed by atoms with van der Waals surface area (Å²) < 4.78 is 40.9. The van der Waals surface area contributed by atoms with Crippen LogP contribution >= 0.6 is 0 Å². The van der Waals surface area contributed by atoms with E-state index >= 15 is 0 Å². The van der Waals surface area contributed by atoms with Crippen LogP contribution in [-0.4, -0.2) is 50.3 Å². The number of anilines is 2. The van der Waals surface area contributed by atoms with Crippen LogP contribution in [0.15, 0.2) is 77.7 Å². The Labute approximate surface area is 195 Å². The average Bonchev–Trinajstić information content (AvgIpc) is 2.85. The van der Waals surface area contributed by atoms with Crippen molar-refractivity contribution in [1.29, 1.82) is 0 Å². The highest BCUT2D eigenvalue weighted by molar-refractivity contribution is 7.92. The third-order valence-electron chi connectivity index (χ3n) is 5.48. The summed E-state index contributed by atoms with van der Waals surface area (Å²) in [6, 6.07) is 16.9. The van der Waals surface area contributed by atoms with Crippen LogP contribution in [0.3, 0.4) is 0 Å². The molecule has 0 spiro atoms. The molecule has 0 aromatic heterocycles. The van der Waals surface area contributed by atoms with Gasteiger partial charge in [-0.15, -0.1) is 0 Å². The minimum atomic E-state index is -3.97. The number of carbonyl (C=O) groups excluding carboxylic acids is 1. The summed E-state index contributed by atoms with van der Waals surface area (Å²) in [5.41, 5.74) is 1.30. The van der Waals surface area contributed by atoms with Crippen molar-refractivity contribution in [3.63, 3.8) is 0 Å². The van der Waals surface area contributed by atoms with Crippen molar-refractivity contribution in [1.82, 2.24) is 4.90 Å². The molecule has 0 unspecified atom stereocenters. The first-order valence-corrected chi connectivity index (χ1v) is 11.9. The highest BCUT2D eigenvalue weighted by Gasteiger charge is 2.24. The Morgan fingerprint density at radius 1 is 0.941 bits per heavy atom. The maximum Gasteiger partial charge on any atom is 0.269 e. The lowest BCUT2D eigenvalue weighted by molar-refractivity contribution is -0.384. The predicted molar refractivity (Wildman–Crippen MR) is 125 cm³/mol. The van der Waals surface area contributed by atoms with E-state index in [1.54, 1.807) is 23.1 Å².